The number of fused-ring (bicyclic) bond motifs is 1. The maximum atomic E-state index is 12.9. The quantitative estimate of drug-likeness (QED) is 0.218. The van der Waals surface area contributed by atoms with E-state index in [2.05, 4.69) is 20.9 Å². The molecule has 0 spiro atoms. The van der Waals surface area contributed by atoms with Gasteiger partial charge in [0.05, 0.1) is 12.6 Å². The molecule has 186 valence electrons. The lowest BCUT2D eigenvalue weighted by molar-refractivity contribution is -0.143. The van der Waals surface area contributed by atoms with Gasteiger partial charge in [-0.15, -0.1) is 0 Å². The van der Waals surface area contributed by atoms with Crippen molar-refractivity contribution in [2.24, 2.45) is 11.7 Å². The summed E-state index contributed by atoms with van der Waals surface area (Å²) in [4.78, 5) is 52.1. The van der Waals surface area contributed by atoms with Crippen molar-refractivity contribution in [1.29, 1.82) is 0 Å². The smallest absolute Gasteiger partial charge is 0.326 e. The van der Waals surface area contributed by atoms with Crippen LogP contribution < -0.4 is 21.7 Å². The summed E-state index contributed by atoms with van der Waals surface area (Å²) in [6.07, 6.45) is 1.24. The summed E-state index contributed by atoms with van der Waals surface area (Å²) in [6.45, 7) is 4.40. The molecule has 1 aromatic carbocycles. The Morgan fingerprint density at radius 2 is 1.76 bits per heavy atom. The van der Waals surface area contributed by atoms with Crippen molar-refractivity contribution in [2.75, 3.05) is 6.54 Å². The Morgan fingerprint density at radius 1 is 1.09 bits per heavy atom. The van der Waals surface area contributed by atoms with Crippen LogP contribution in [0, 0.1) is 5.92 Å². The van der Waals surface area contributed by atoms with E-state index in [1.54, 1.807) is 13.1 Å². The van der Waals surface area contributed by atoms with E-state index < -0.39 is 54.5 Å². The number of hydrogen-bond donors (Lipinski definition) is 7. The number of carbonyl (C=O) groups is 4. The normalized spacial score (nSPS) is 15.6. The fraction of sp³-hybridized carbons (Fsp3) is 0.478. The van der Waals surface area contributed by atoms with Crippen molar-refractivity contribution < 1.29 is 29.4 Å². The first-order valence-electron chi connectivity index (χ1n) is 11.1. The minimum atomic E-state index is -1.24. The van der Waals surface area contributed by atoms with Gasteiger partial charge in [-0.3, -0.25) is 14.4 Å². The average Bonchev–Trinajstić information content (AvgIpc) is 3.21. The number of aromatic amines is 1. The Hall–Kier alpha value is -3.44. The van der Waals surface area contributed by atoms with E-state index in [4.69, 9.17) is 5.73 Å². The second kappa shape index (κ2) is 12.1. The third kappa shape index (κ3) is 7.03. The Morgan fingerprint density at radius 3 is 2.38 bits per heavy atom. The summed E-state index contributed by atoms with van der Waals surface area (Å²) < 4.78 is 0. The zero-order valence-corrected chi connectivity index (χ0v) is 19.5. The van der Waals surface area contributed by atoms with E-state index >= 15 is 0 Å². The number of carboxylic acids is 1. The fourth-order valence-corrected chi connectivity index (χ4v) is 3.41. The number of amides is 3. The monoisotopic (exact) mass is 475 g/mol. The molecule has 2 rings (SSSR count). The van der Waals surface area contributed by atoms with Crippen molar-refractivity contribution in [3.8, 4) is 0 Å². The molecule has 0 aliphatic rings. The fourth-order valence-electron chi connectivity index (χ4n) is 3.41. The van der Waals surface area contributed by atoms with Gasteiger partial charge in [0.1, 0.15) is 18.1 Å². The van der Waals surface area contributed by atoms with Crippen LogP contribution in [-0.4, -0.2) is 69.7 Å². The van der Waals surface area contributed by atoms with Crippen LogP contribution in [0.15, 0.2) is 30.5 Å². The van der Waals surface area contributed by atoms with Crippen LogP contribution in [0.3, 0.4) is 0 Å². The molecule has 5 unspecified atom stereocenters. The first-order valence-corrected chi connectivity index (χ1v) is 11.1. The molecule has 0 saturated heterocycles. The number of carbonyl (C=O) groups excluding carboxylic acids is 3. The predicted molar refractivity (Wildman–Crippen MR) is 126 cm³/mol. The SMILES string of the molecule is CCC(C)C(NC(=O)CNC(=O)C(Cc1c[nH]c2ccccc12)NC(=O)C(N)C(C)O)C(=O)O. The lowest BCUT2D eigenvalue weighted by Crippen LogP contribution is -2.56. The number of aliphatic hydroxyl groups is 1. The highest BCUT2D eigenvalue weighted by Crippen LogP contribution is 2.19. The molecule has 0 bridgehead atoms. The highest BCUT2D eigenvalue weighted by molar-refractivity contribution is 5.93. The van der Waals surface area contributed by atoms with Crippen molar-refractivity contribution in [2.45, 2.75) is 57.8 Å². The minimum absolute atomic E-state index is 0.0976. The van der Waals surface area contributed by atoms with E-state index in [9.17, 15) is 29.4 Å². The van der Waals surface area contributed by atoms with Crippen LogP contribution in [-0.2, 0) is 25.6 Å². The molecule has 34 heavy (non-hydrogen) atoms. The molecule has 0 radical (unpaired) electrons. The van der Waals surface area contributed by atoms with Gasteiger partial charge in [0.2, 0.25) is 17.7 Å². The van der Waals surface area contributed by atoms with Crippen LogP contribution in [0.25, 0.3) is 10.9 Å². The van der Waals surface area contributed by atoms with Crippen LogP contribution in [0.2, 0.25) is 0 Å². The zero-order chi connectivity index (χ0) is 25.4. The molecule has 1 aromatic heterocycles. The third-order valence-corrected chi connectivity index (χ3v) is 5.77. The van der Waals surface area contributed by atoms with Crippen molar-refractivity contribution in [1.82, 2.24) is 20.9 Å². The van der Waals surface area contributed by atoms with Crippen LogP contribution in [0.5, 0.6) is 0 Å². The molecule has 2 aromatic rings. The lowest BCUT2D eigenvalue weighted by Gasteiger charge is -2.23. The largest absolute Gasteiger partial charge is 0.480 e. The number of para-hydroxylation sites is 1. The first-order chi connectivity index (χ1) is 16.0. The molecule has 8 N–H and O–H groups in total. The van der Waals surface area contributed by atoms with E-state index in [1.165, 1.54) is 6.92 Å². The number of aliphatic carboxylic acids is 1. The maximum absolute atomic E-state index is 12.9. The van der Waals surface area contributed by atoms with Crippen molar-refractivity contribution in [3.05, 3.63) is 36.0 Å². The molecule has 1 heterocycles. The maximum Gasteiger partial charge on any atom is 0.326 e. The first kappa shape index (κ1) is 26.8. The highest BCUT2D eigenvalue weighted by Gasteiger charge is 2.28. The number of H-pyrrole nitrogens is 1. The van der Waals surface area contributed by atoms with Gasteiger partial charge in [0.25, 0.3) is 0 Å². The Bertz CT molecular complexity index is 1020. The number of aromatic nitrogens is 1. The number of aliphatic hydroxyl groups excluding tert-OH is 1. The molecule has 3 amide bonds. The standard InChI is InChI=1S/C23H33N5O6/c1-4-12(2)20(23(33)34)28-18(30)11-26-21(31)17(27-22(32)19(24)13(3)29)9-14-10-25-16-8-6-5-7-15(14)16/h5-8,10,12-13,17,19-20,25,29H,4,9,11,24H2,1-3H3,(H,26,31)(H,27,32)(H,28,30)(H,33,34). The zero-order valence-electron chi connectivity index (χ0n) is 19.5. The molecular formula is C23H33N5O6. The Labute approximate surface area is 197 Å². The Balaban J connectivity index is 2.12. The van der Waals surface area contributed by atoms with E-state index in [1.807, 2.05) is 31.2 Å². The van der Waals surface area contributed by atoms with Gasteiger partial charge in [-0.05, 0) is 24.5 Å². The number of benzene rings is 1. The summed E-state index contributed by atoms with van der Waals surface area (Å²) in [5.74, 6) is -3.50. The van der Waals surface area contributed by atoms with Crippen molar-refractivity contribution in [3.63, 3.8) is 0 Å². The molecule has 0 fully saturated rings. The van der Waals surface area contributed by atoms with E-state index in [0.29, 0.717) is 6.42 Å². The van der Waals surface area contributed by atoms with E-state index in [-0.39, 0.29) is 12.3 Å². The van der Waals surface area contributed by atoms with Gasteiger partial charge in [-0.25, -0.2) is 4.79 Å². The van der Waals surface area contributed by atoms with Gasteiger partial charge in [-0.1, -0.05) is 38.5 Å². The molecule has 0 aliphatic carbocycles. The number of carboxylic acid groups (broad SMARTS) is 1. The summed E-state index contributed by atoms with van der Waals surface area (Å²) in [5.41, 5.74) is 7.31. The highest BCUT2D eigenvalue weighted by atomic mass is 16.4. The molecule has 0 aliphatic heterocycles. The van der Waals surface area contributed by atoms with Gasteiger partial charge in [0.15, 0.2) is 0 Å². The summed E-state index contributed by atoms with van der Waals surface area (Å²) in [5, 5.41) is 27.2. The van der Waals surface area contributed by atoms with Gasteiger partial charge in [0, 0.05) is 23.5 Å². The van der Waals surface area contributed by atoms with Crippen LogP contribution >= 0.6 is 0 Å². The predicted octanol–water partition coefficient (Wildman–Crippen LogP) is -0.365. The molecule has 11 heteroatoms. The second-order valence-corrected chi connectivity index (χ2v) is 8.38. The molecular weight excluding hydrogens is 442 g/mol. The van der Waals surface area contributed by atoms with Gasteiger partial charge < -0.3 is 36.9 Å². The molecule has 0 saturated carbocycles. The molecule has 5 atom stereocenters. The summed E-state index contributed by atoms with van der Waals surface area (Å²) in [7, 11) is 0. The lowest BCUT2D eigenvalue weighted by atomic mass is 9.99. The summed E-state index contributed by atoms with van der Waals surface area (Å²) >= 11 is 0. The molecule has 11 nitrogen and oxygen atoms in total. The van der Waals surface area contributed by atoms with Gasteiger partial charge in [-0.2, -0.15) is 0 Å². The number of nitrogens with one attached hydrogen (secondary N) is 4. The van der Waals surface area contributed by atoms with Crippen LogP contribution in [0.1, 0.15) is 32.8 Å². The number of nitrogens with two attached hydrogens (primary N) is 1. The van der Waals surface area contributed by atoms with Crippen molar-refractivity contribution >= 4 is 34.6 Å². The second-order valence-electron chi connectivity index (χ2n) is 8.38. The number of hydrogen-bond acceptors (Lipinski definition) is 6. The number of rotatable bonds is 12. The van der Waals surface area contributed by atoms with Gasteiger partial charge >= 0.3 is 5.97 Å². The third-order valence-electron chi connectivity index (χ3n) is 5.77. The summed E-state index contributed by atoms with van der Waals surface area (Å²) in [6, 6.07) is 4.03. The van der Waals surface area contributed by atoms with E-state index in [0.717, 1.165) is 16.5 Å². The topological polar surface area (TPSA) is 187 Å². The Kier molecular flexibility index (Phi) is 9.58. The minimum Gasteiger partial charge on any atom is -0.480 e. The average molecular weight is 476 g/mol. The van der Waals surface area contributed by atoms with Crippen LogP contribution in [0.4, 0.5) is 0 Å².